The molecule has 0 spiro atoms. The van der Waals surface area contributed by atoms with Crippen molar-refractivity contribution in [2.45, 2.75) is 13.8 Å². The average molecular weight is 476 g/mol. The summed E-state index contributed by atoms with van der Waals surface area (Å²) in [5.74, 6) is -0.439. The van der Waals surface area contributed by atoms with E-state index in [2.05, 4.69) is 15.8 Å². The van der Waals surface area contributed by atoms with Crippen molar-refractivity contribution in [3.05, 3.63) is 93.5 Å². The third-order valence-corrected chi connectivity index (χ3v) is 4.84. The highest BCUT2D eigenvalue weighted by Gasteiger charge is 2.14. The number of hydrogen-bond donors (Lipinski definition) is 2. The number of aryl methyl sites for hydroxylation is 2. The number of anilines is 1. The number of amides is 2. The molecule has 0 aliphatic carbocycles. The van der Waals surface area contributed by atoms with E-state index in [0.29, 0.717) is 17.0 Å². The number of nitro groups is 1. The zero-order valence-corrected chi connectivity index (χ0v) is 19.2. The van der Waals surface area contributed by atoms with Crippen molar-refractivity contribution in [1.82, 2.24) is 5.43 Å². The molecular weight excluding hydrogens is 452 g/mol. The van der Waals surface area contributed by atoms with Gasteiger partial charge in [0.15, 0.2) is 19.0 Å². The number of carbonyl (C=O) groups is 2. The number of nitrogens with zero attached hydrogens (tertiary/aromatic N) is 2. The Morgan fingerprint density at radius 3 is 2.49 bits per heavy atom. The van der Waals surface area contributed by atoms with Gasteiger partial charge in [-0.25, -0.2) is 5.43 Å². The summed E-state index contributed by atoms with van der Waals surface area (Å²) in [6.07, 6.45) is 1.39. The zero-order valence-electron chi connectivity index (χ0n) is 19.2. The van der Waals surface area contributed by atoms with Crippen LogP contribution in [0.2, 0.25) is 0 Å². The topological polar surface area (TPSA) is 132 Å². The summed E-state index contributed by atoms with van der Waals surface area (Å²) in [6.45, 7) is 3.35. The standard InChI is InChI=1S/C25H24N4O6/c1-17-10-11-20(12-18(17)2)27-24(30)15-34-21-7-5-6-19(13-21)14-26-28-25(31)16-35-23-9-4-3-8-22(23)29(32)33/h3-14H,15-16H2,1-2H3,(H,27,30)(H,28,31)/b26-14+. The Bertz CT molecular complexity index is 1260. The van der Waals surface area contributed by atoms with Crippen molar-refractivity contribution in [2.24, 2.45) is 5.10 Å². The lowest BCUT2D eigenvalue weighted by Gasteiger charge is -2.09. The smallest absolute Gasteiger partial charge is 0.310 e. The Kier molecular flexibility index (Phi) is 8.49. The minimum absolute atomic E-state index is 0.0111. The Labute approximate surface area is 201 Å². The maximum Gasteiger partial charge on any atom is 0.310 e. The lowest BCUT2D eigenvalue weighted by molar-refractivity contribution is -0.385. The van der Waals surface area contributed by atoms with Crippen LogP contribution in [0.5, 0.6) is 11.5 Å². The Morgan fingerprint density at radius 2 is 1.71 bits per heavy atom. The van der Waals surface area contributed by atoms with Crippen LogP contribution in [-0.4, -0.2) is 36.2 Å². The number of para-hydroxylation sites is 2. The summed E-state index contributed by atoms with van der Waals surface area (Å²) in [7, 11) is 0. The van der Waals surface area contributed by atoms with Crippen molar-refractivity contribution < 1.29 is 24.0 Å². The molecule has 3 rings (SSSR count). The fourth-order valence-corrected chi connectivity index (χ4v) is 2.93. The van der Waals surface area contributed by atoms with Crippen LogP contribution in [0.3, 0.4) is 0 Å². The van der Waals surface area contributed by atoms with E-state index < -0.39 is 17.4 Å². The largest absolute Gasteiger partial charge is 0.484 e. The number of rotatable bonds is 10. The van der Waals surface area contributed by atoms with Gasteiger partial charge in [0.2, 0.25) is 0 Å². The van der Waals surface area contributed by atoms with Gasteiger partial charge < -0.3 is 14.8 Å². The van der Waals surface area contributed by atoms with E-state index in [1.165, 1.54) is 24.4 Å². The van der Waals surface area contributed by atoms with Crippen LogP contribution in [0, 0.1) is 24.0 Å². The molecule has 0 heterocycles. The molecule has 0 aliphatic rings. The fourth-order valence-electron chi connectivity index (χ4n) is 2.93. The molecule has 0 aromatic heterocycles. The first-order valence-electron chi connectivity index (χ1n) is 10.6. The number of carbonyl (C=O) groups excluding carboxylic acids is 2. The summed E-state index contributed by atoms with van der Waals surface area (Å²) >= 11 is 0. The fraction of sp³-hybridized carbons (Fsp3) is 0.160. The molecule has 180 valence electrons. The van der Waals surface area contributed by atoms with Crippen LogP contribution in [0.1, 0.15) is 16.7 Å². The molecule has 0 aliphatic heterocycles. The monoisotopic (exact) mass is 476 g/mol. The molecule has 3 aromatic rings. The van der Waals surface area contributed by atoms with E-state index in [0.717, 1.165) is 11.1 Å². The summed E-state index contributed by atoms with van der Waals surface area (Å²) in [5, 5.41) is 17.6. The van der Waals surface area contributed by atoms with Gasteiger partial charge in [0.25, 0.3) is 11.8 Å². The highest BCUT2D eigenvalue weighted by atomic mass is 16.6. The van der Waals surface area contributed by atoms with Gasteiger partial charge in [0, 0.05) is 11.8 Å². The number of nitro benzene ring substituents is 1. The van der Waals surface area contributed by atoms with Gasteiger partial charge in [-0.2, -0.15) is 5.10 Å². The summed E-state index contributed by atoms with van der Waals surface area (Å²) in [5.41, 5.74) is 5.59. The molecule has 10 heteroatoms. The maximum atomic E-state index is 12.2. The predicted molar refractivity (Wildman–Crippen MR) is 131 cm³/mol. The summed E-state index contributed by atoms with van der Waals surface area (Å²) in [6, 6.07) is 18.2. The Balaban J connectivity index is 1.46. The SMILES string of the molecule is Cc1ccc(NC(=O)COc2cccc(/C=N/NC(=O)COc3ccccc3[N+](=O)[O-])c2)cc1C. The first kappa shape index (κ1) is 24.9. The molecule has 3 aromatic carbocycles. The van der Waals surface area contributed by atoms with Crippen molar-refractivity contribution in [3.63, 3.8) is 0 Å². The maximum absolute atomic E-state index is 12.2. The number of hydrazone groups is 1. The van der Waals surface area contributed by atoms with Gasteiger partial charge in [-0.1, -0.05) is 30.3 Å². The number of hydrogen-bond acceptors (Lipinski definition) is 7. The van der Waals surface area contributed by atoms with Crippen LogP contribution >= 0.6 is 0 Å². The van der Waals surface area contributed by atoms with Crippen LogP contribution in [0.25, 0.3) is 0 Å². The number of benzene rings is 3. The van der Waals surface area contributed by atoms with E-state index in [1.807, 2.05) is 32.0 Å². The molecule has 2 N–H and O–H groups in total. The third-order valence-electron chi connectivity index (χ3n) is 4.84. The quantitative estimate of drug-likeness (QED) is 0.260. The highest BCUT2D eigenvalue weighted by Crippen LogP contribution is 2.25. The molecule has 0 atom stereocenters. The molecule has 2 amide bonds. The van der Waals surface area contributed by atoms with E-state index in [-0.39, 0.29) is 24.0 Å². The van der Waals surface area contributed by atoms with Gasteiger partial charge in [-0.3, -0.25) is 19.7 Å². The minimum Gasteiger partial charge on any atom is -0.484 e. The van der Waals surface area contributed by atoms with Gasteiger partial charge >= 0.3 is 5.69 Å². The normalized spacial score (nSPS) is 10.6. The average Bonchev–Trinajstić information content (AvgIpc) is 2.84. The molecule has 0 unspecified atom stereocenters. The molecule has 10 nitrogen and oxygen atoms in total. The van der Waals surface area contributed by atoms with Crippen molar-refractivity contribution in [1.29, 1.82) is 0 Å². The number of ether oxygens (including phenoxy) is 2. The lowest BCUT2D eigenvalue weighted by atomic mass is 10.1. The molecule has 35 heavy (non-hydrogen) atoms. The van der Waals surface area contributed by atoms with Gasteiger partial charge in [-0.05, 0) is 60.9 Å². The molecular formula is C25H24N4O6. The predicted octanol–water partition coefficient (Wildman–Crippen LogP) is 3.76. The first-order chi connectivity index (χ1) is 16.8. The van der Waals surface area contributed by atoms with Crippen LogP contribution in [0.15, 0.2) is 71.8 Å². The second-order valence-corrected chi connectivity index (χ2v) is 7.52. The molecule has 0 fully saturated rings. The van der Waals surface area contributed by atoms with E-state index in [4.69, 9.17) is 9.47 Å². The van der Waals surface area contributed by atoms with Crippen molar-refractivity contribution in [2.75, 3.05) is 18.5 Å². The zero-order chi connectivity index (χ0) is 25.2. The molecule has 0 saturated carbocycles. The first-order valence-corrected chi connectivity index (χ1v) is 10.6. The number of nitrogens with one attached hydrogen (secondary N) is 2. The summed E-state index contributed by atoms with van der Waals surface area (Å²) < 4.78 is 10.7. The van der Waals surface area contributed by atoms with Crippen LogP contribution in [0.4, 0.5) is 11.4 Å². The van der Waals surface area contributed by atoms with Crippen LogP contribution in [-0.2, 0) is 9.59 Å². The lowest BCUT2D eigenvalue weighted by Crippen LogP contribution is -2.24. The highest BCUT2D eigenvalue weighted by molar-refractivity contribution is 5.92. The van der Waals surface area contributed by atoms with Crippen molar-refractivity contribution in [3.8, 4) is 11.5 Å². The third kappa shape index (κ3) is 7.67. The Morgan fingerprint density at radius 1 is 0.943 bits per heavy atom. The second-order valence-electron chi connectivity index (χ2n) is 7.52. The second kappa shape index (κ2) is 11.9. The Hall–Kier alpha value is -4.73. The van der Waals surface area contributed by atoms with E-state index in [1.54, 1.807) is 30.3 Å². The molecule has 0 bridgehead atoms. The molecule has 0 saturated heterocycles. The van der Waals surface area contributed by atoms with E-state index in [9.17, 15) is 19.7 Å². The molecule has 0 radical (unpaired) electrons. The van der Waals surface area contributed by atoms with Gasteiger partial charge in [0.05, 0.1) is 11.1 Å². The minimum atomic E-state index is -0.590. The van der Waals surface area contributed by atoms with E-state index >= 15 is 0 Å². The van der Waals surface area contributed by atoms with Gasteiger partial charge in [0.1, 0.15) is 5.75 Å². The van der Waals surface area contributed by atoms with Crippen LogP contribution < -0.4 is 20.2 Å². The summed E-state index contributed by atoms with van der Waals surface area (Å²) in [4.78, 5) is 34.5. The van der Waals surface area contributed by atoms with Crippen molar-refractivity contribution >= 4 is 29.4 Å². The van der Waals surface area contributed by atoms with Gasteiger partial charge in [-0.15, -0.1) is 0 Å².